The summed E-state index contributed by atoms with van der Waals surface area (Å²) in [5.41, 5.74) is 0.719. The van der Waals surface area contributed by atoms with Crippen LogP contribution in [-0.2, 0) is 23.1 Å². The number of sulfonamides is 1. The third-order valence-electron chi connectivity index (χ3n) is 3.69. The third-order valence-corrected chi connectivity index (χ3v) is 6.34. The van der Waals surface area contributed by atoms with Crippen molar-refractivity contribution in [2.24, 2.45) is 0 Å². The normalized spacial score (nSPS) is 11.8. The van der Waals surface area contributed by atoms with E-state index in [9.17, 15) is 12.8 Å². The molecule has 2 heterocycles. The lowest BCUT2D eigenvalue weighted by Crippen LogP contribution is -2.30. The molecular formula is C18H18FNO4S2. The van der Waals surface area contributed by atoms with Crippen molar-refractivity contribution in [3.63, 3.8) is 0 Å². The van der Waals surface area contributed by atoms with Crippen molar-refractivity contribution >= 4 is 21.4 Å². The molecule has 0 radical (unpaired) electrons. The highest BCUT2D eigenvalue weighted by atomic mass is 32.2. The van der Waals surface area contributed by atoms with Gasteiger partial charge in [-0.2, -0.15) is 4.31 Å². The maximum atomic E-state index is 14.2. The fourth-order valence-electron chi connectivity index (χ4n) is 2.45. The average Bonchev–Trinajstić information content (AvgIpc) is 3.30. The van der Waals surface area contributed by atoms with Gasteiger partial charge in [0.1, 0.15) is 0 Å². The lowest BCUT2D eigenvalue weighted by Gasteiger charge is -2.21. The minimum absolute atomic E-state index is 0.0334. The van der Waals surface area contributed by atoms with E-state index in [0.717, 1.165) is 16.5 Å². The quantitative estimate of drug-likeness (QED) is 0.571. The van der Waals surface area contributed by atoms with Gasteiger partial charge in [-0.15, -0.1) is 11.3 Å². The molecule has 138 valence electrons. The first kappa shape index (κ1) is 18.6. The molecule has 0 aliphatic heterocycles. The third kappa shape index (κ3) is 4.14. The van der Waals surface area contributed by atoms with E-state index in [1.54, 1.807) is 13.0 Å². The first-order valence-corrected chi connectivity index (χ1v) is 10.3. The molecule has 0 saturated carbocycles. The van der Waals surface area contributed by atoms with Crippen LogP contribution in [-0.4, -0.2) is 19.3 Å². The molecule has 0 atom stereocenters. The van der Waals surface area contributed by atoms with Gasteiger partial charge in [-0.25, -0.2) is 12.8 Å². The maximum Gasteiger partial charge on any atom is 0.243 e. The molecule has 0 saturated heterocycles. The molecule has 0 bridgehead atoms. The molecular weight excluding hydrogens is 377 g/mol. The Morgan fingerprint density at radius 1 is 1.23 bits per heavy atom. The fourth-order valence-corrected chi connectivity index (χ4v) is 4.67. The number of benzene rings is 1. The predicted molar refractivity (Wildman–Crippen MR) is 97.0 cm³/mol. The van der Waals surface area contributed by atoms with Crippen LogP contribution in [0.15, 0.2) is 63.6 Å². The van der Waals surface area contributed by atoms with Gasteiger partial charge in [0.2, 0.25) is 10.0 Å². The van der Waals surface area contributed by atoms with Crippen molar-refractivity contribution in [1.29, 1.82) is 0 Å². The maximum absolute atomic E-state index is 14.2. The molecule has 8 heteroatoms. The van der Waals surface area contributed by atoms with Gasteiger partial charge in [0.15, 0.2) is 11.6 Å². The summed E-state index contributed by atoms with van der Waals surface area (Å²) in [7, 11) is -3.90. The van der Waals surface area contributed by atoms with Gasteiger partial charge in [0.05, 0.1) is 24.0 Å². The standard InChI is InChI=1S/C18H18FNO4S2/c1-2-24-18-6-5-16(10-17(18)19)26(21,22)20(11-14-7-8-23-13-14)12-15-4-3-9-25-15/h3-10,13H,2,11-12H2,1H3. The molecule has 0 unspecified atom stereocenters. The van der Waals surface area contributed by atoms with Gasteiger partial charge < -0.3 is 9.15 Å². The van der Waals surface area contributed by atoms with E-state index >= 15 is 0 Å². The Labute approximate surface area is 155 Å². The Morgan fingerprint density at radius 3 is 2.69 bits per heavy atom. The predicted octanol–water partition coefficient (Wildman–Crippen LogP) is 4.27. The van der Waals surface area contributed by atoms with Crippen molar-refractivity contribution in [3.8, 4) is 5.75 Å². The van der Waals surface area contributed by atoms with Crippen LogP contribution < -0.4 is 4.74 Å². The number of thiophene rings is 1. The molecule has 0 N–H and O–H groups in total. The number of rotatable bonds is 8. The van der Waals surface area contributed by atoms with Crippen LogP contribution in [0.1, 0.15) is 17.4 Å². The van der Waals surface area contributed by atoms with Crippen molar-refractivity contribution in [2.45, 2.75) is 24.9 Å². The Kier molecular flexibility index (Phi) is 5.75. The first-order chi connectivity index (χ1) is 12.5. The Bertz CT molecular complexity index is 901. The molecule has 3 rings (SSSR count). The minimum Gasteiger partial charge on any atom is -0.491 e. The van der Waals surface area contributed by atoms with Gasteiger partial charge >= 0.3 is 0 Å². The molecule has 5 nitrogen and oxygen atoms in total. The second kappa shape index (κ2) is 8.03. The topological polar surface area (TPSA) is 59.8 Å². The van der Waals surface area contributed by atoms with Crippen molar-refractivity contribution in [2.75, 3.05) is 6.61 Å². The number of halogens is 1. The van der Waals surface area contributed by atoms with E-state index in [4.69, 9.17) is 9.15 Å². The SMILES string of the molecule is CCOc1ccc(S(=O)(=O)N(Cc2ccoc2)Cc2cccs2)cc1F. The van der Waals surface area contributed by atoms with Crippen LogP contribution >= 0.6 is 11.3 Å². The Balaban J connectivity index is 1.94. The van der Waals surface area contributed by atoms with E-state index in [1.165, 1.54) is 40.3 Å². The summed E-state index contributed by atoms with van der Waals surface area (Å²) in [5.74, 6) is -0.668. The highest BCUT2D eigenvalue weighted by molar-refractivity contribution is 7.89. The second-order valence-electron chi connectivity index (χ2n) is 5.51. The fraction of sp³-hybridized carbons (Fsp3) is 0.222. The zero-order valence-corrected chi connectivity index (χ0v) is 15.7. The van der Waals surface area contributed by atoms with E-state index in [0.29, 0.717) is 6.61 Å². The van der Waals surface area contributed by atoms with E-state index < -0.39 is 15.8 Å². The van der Waals surface area contributed by atoms with Crippen LogP contribution in [0.5, 0.6) is 5.75 Å². The number of furan rings is 1. The molecule has 0 aliphatic rings. The Morgan fingerprint density at radius 2 is 2.08 bits per heavy atom. The van der Waals surface area contributed by atoms with Crippen LogP contribution in [0, 0.1) is 5.82 Å². The van der Waals surface area contributed by atoms with Gasteiger partial charge in [0, 0.05) is 23.5 Å². The van der Waals surface area contributed by atoms with Gasteiger partial charge in [-0.1, -0.05) is 6.07 Å². The molecule has 0 amide bonds. The van der Waals surface area contributed by atoms with Gasteiger partial charge in [-0.3, -0.25) is 0 Å². The Hall–Kier alpha value is -2.16. The van der Waals surface area contributed by atoms with Crippen LogP contribution in [0.3, 0.4) is 0 Å². The van der Waals surface area contributed by atoms with Gasteiger partial charge in [0.25, 0.3) is 0 Å². The molecule has 0 spiro atoms. The zero-order chi connectivity index (χ0) is 18.6. The monoisotopic (exact) mass is 395 g/mol. The van der Waals surface area contributed by atoms with E-state index in [2.05, 4.69) is 0 Å². The lowest BCUT2D eigenvalue weighted by atomic mass is 10.3. The molecule has 0 aliphatic carbocycles. The van der Waals surface area contributed by atoms with Crippen LogP contribution in [0.2, 0.25) is 0 Å². The largest absolute Gasteiger partial charge is 0.491 e. The molecule has 26 heavy (non-hydrogen) atoms. The smallest absolute Gasteiger partial charge is 0.243 e. The minimum atomic E-state index is -3.90. The van der Waals surface area contributed by atoms with Gasteiger partial charge in [-0.05, 0) is 42.6 Å². The van der Waals surface area contributed by atoms with Crippen LogP contribution in [0.25, 0.3) is 0 Å². The van der Waals surface area contributed by atoms with E-state index in [-0.39, 0.29) is 23.7 Å². The lowest BCUT2D eigenvalue weighted by molar-refractivity contribution is 0.321. The van der Waals surface area contributed by atoms with E-state index in [1.807, 2.05) is 17.5 Å². The summed E-state index contributed by atoms with van der Waals surface area (Å²) in [4.78, 5) is 0.780. The molecule has 2 aromatic heterocycles. The summed E-state index contributed by atoms with van der Waals surface area (Å²) in [6.45, 7) is 2.36. The summed E-state index contributed by atoms with van der Waals surface area (Å²) < 4.78 is 51.8. The number of nitrogens with zero attached hydrogens (tertiary/aromatic N) is 1. The highest BCUT2D eigenvalue weighted by Crippen LogP contribution is 2.26. The summed E-state index contributed by atoms with van der Waals surface area (Å²) in [6.07, 6.45) is 2.98. The molecule has 3 aromatic rings. The zero-order valence-electron chi connectivity index (χ0n) is 14.1. The first-order valence-electron chi connectivity index (χ1n) is 7.96. The highest BCUT2D eigenvalue weighted by Gasteiger charge is 2.26. The van der Waals surface area contributed by atoms with Crippen molar-refractivity contribution in [1.82, 2.24) is 4.31 Å². The number of hydrogen-bond donors (Lipinski definition) is 0. The van der Waals surface area contributed by atoms with Crippen molar-refractivity contribution < 1.29 is 22.0 Å². The van der Waals surface area contributed by atoms with Crippen LogP contribution in [0.4, 0.5) is 4.39 Å². The number of ether oxygens (including phenoxy) is 1. The summed E-state index contributed by atoms with van der Waals surface area (Å²) in [5, 5.41) is 1.88. The molecule has 0 fully saturated rings. The molecule has 1 aromatic carbocycles. The average molecular weight is 395 g/mol. The number of hydrogen-bond acceptors (Lipinski definition) is 5. The second-order valence-corrected chi connectivity index (χ2v) is 8.48. The summed E-state index contributed by atoms with van der Waals surface area (Å²) in [6, 6.07) is 9.13. The summed E-state index contributed by atoms with van der Waals surface area (Å²) >= 11 is 1.46. The van der Waals surface area contributed by atoms with Crippen molar-refractivity contribution in [3.05, 3.63) is 70.6 Å².